The van der Waals surface area contributed by atoms with E-state index in [2.05, 4.69) is 74.7 Å². The van der Waals surface area contributed by atoms with Crippen molar-refractivity contribution >= 4 is 79.3 Å². The molecule has 0 radical (unpaired) electrons. The molecule has 15 heteroatoms. The molecule has 5 heterocycles. The molecule has 13 nitrogen and oxygen atoms in total. The summed E-state index contributed by atoms with van der Waals surface area (Å²) in [7, 11) is 1.25. The number of aromatic nitrogens is 7. The van der Waals surface area contributed by atoms with E-state index in [-0.39, 0.29) is 0 Å². The second kappa shape index (κ2) is 11.5. The molecule has 0 saturated carbocycles. The van der Waals surface area contributed by atoms with Crippen LogP contribution in [0.3, 0.4) is 0 Å². The quantitative estimate of drug-likeness (QED) is 0.213. The number of hydrogen-bond donors (Lipinski definition) is 2. The van der Waals surface area contributed by atoms with Crippen LogP contribution >= 0.6 is 23.1 Å². The minimum atomic E-state index is -2.77. The maximum absolute atomic E-state index is 13.4. The summed E-state index contributed by atoms with van der Waals surface area (Å²) in [5.74, 6) is 1.63. The second-order valence-electron chi connectivity index (χ2n) is 11.5. The maximum atomic E-state index is 13.4. The topological polar surface area (TPSA) is 143 Å². The van der Waals surface area contributed by atoms with Crippen LogP contribution in [0.15, 0.2) is 64.2 Å². The number of anilines is 5. The summed E-state index contributed by atoms with van der Waals surface area (Å²) >= 11 is 3.58. The molecule has 0 amide bonds. The summed E-state index contributed by atoms with van der Waals surface area (Å²) in [6, 6.07) is 7.78. The van der Waals surface area contributed by atoms with Gasteiger partial charge in [0.2, 0.25) is 5.95 Å². The molecule has 7 rings (SSSR count). The first-order chi connectivity index (χ1) is 21.6. The van der Waals surface area contributed by atoms with Crippen molar-refractivity contribution in [3.8, 4) is 11.1 Å². The molecule has 6 aromatic rings. The van der Waals surface area contributed by atoms with Crippen LogP contribution in [0.5, 0.6) is 0 Å². The SMILES string of the molecule is CN1CCN(c2noc3c(Nc4ncc(Br)c(Nc5ccc6nccnc6c5P(C)(C)=O)n4)cc(-c4cnn(C)c4)cc23)CC1. The van der Waals surface area contributed by atoms with Gasteiger partial charge in [-0.25, -0.2) is 4.98 Å². The number of hydrogen-bond acceptors (Lipinski definition) is 12. The average molecular weight is 689 g/mol. The molecule has 0 spiro atoms. The summed E-state index contributed by atoms with van der Waals surface area (Å²) < 4.78 is 21.8. The Morgan fingerprint density at radius 3 is 2.49 bits per heavy atom. The van der Waals surface area contributed by atoms with Crippen LogP contribution in [0.25, 0.3) is 33.1 Å². The zero-order chi connectivity index (χ0) is 31.3. The van der Waals surface area contributed by atoms with E-state index in [4.69, 9.17) is 9.51 Å². The van der Waals surface area contributed by atoms with E-state index < -0.39 is 7.14 Å². The van der Waals surface area contributed by atoms with Gasteiger partial charge in [0, 0.05) is 63.6 Å². The lowest BCUT2D eigenvalue weighted by atomic mass is 10.1. The Bertz CT molecular complexity index is 2100. The minimum Gasteiger partial charge on any atom is -0.352 e. The number of nitrogens with zero attached hydrogens (tertiary/aromatic N) is 9. The van der Waals surface area contributed by atoms with Crippen molar-refractivity contribution in [1.29, 1.82) is 0 Å². The van der Waals surface area contributed by atoms with Gasteiger partial charge in [0.25, 0.3) is 0 Å². The van der Waals surface area contributed by atoms with Crippen LogP contribution in [-0.2, 0) is 11.6 Å². The molecule has 4 aromatic heterocycles. The van der Waals surface area contributed by atoms with E-state index in [1.54, 1.807) is 36.6 Å². The second-order valence-corrected chi connectivity index (χ2v) is 15.5. The lowest BCUT2D eigenvalue weighted by Crippen LogP contribution is -2.44. The Balaban J connectivity index is 1.28. The number of halogens is 1. The maximum Gasteiger partial charge on any atom is 0.229 e. The Morgan fingerprint density at radius 1 is 0.933 bits per heavy atom. The highest BCUT2D eigenvalue weighted by Gasteiger charge is 2.24. The highest BCUT2D eigenvalue weighted by Crippen LogP contribution is 2.42. The van der Waals surface area contributed by atoms with Crippen molar-refractivity contribution < 1.29 is 9.09 Å². The third kappa shape index (κ3) is 5.76. The van der Waals surface area contributed by atoms with Gasteiger partial charge in [-0.05, 0) is 66.1 Å². The molecule has 0 atom stereocenters. The lowest BCUT2D eigenvalue weighted by molar-refractivity contribution is 0.310. The van der Waals surface area contributed by atoms with Crippen LogP contribution in [0, 0.1) is 0 Å². The Morgan fingerprint density at radius 2 is 1.73 bits per heavy atom. The molecule has 1 aliphatic heterocycles. The third-order valence-corrected chi connectivity index (χ3v) is 9.90. The van der Waals surface area contributed by atoms with E-state index in [1.807, 2.05) is 37.6 Å². The Kier molecular flexibility index (Phi) is 7.50. The number of aryl methyl sites for hydroxylation is 1. The Hall–Kier alpha value is -4.39. The first-order valence-electron chi connectivity index (χ1n) is 14.4. The molecule has 0 aliphatic carbocycles. The van der Waals surface area contributed by atoms with Crippen molar-refractivity contribution in [3.05, 3.63) is 59.7 Å². The molecule has 0 unspecified atom stereocenters. The van der Waals surface area contributed by atoms with Crippen LogP contribution in [0.4, 0.5) is 29.0 Å². The molecular formula is C30H31BrN11O2P. The monoisotopic (exact) mass is 687 g/mol. The standard InChI is InChI=1S/C30H31BrN11O2P/c1-40-9-11-42(12-10-40)29-20-13-18(19-15-35-41(2)17-19)14-24(26(20)44-39-29)37-30-34-16-21(31)28(38-30)36-23-6-5-22-25(33-8-7-32-22)27(23)45(3,4)43/h5-8,13-17H,9-12H2,1-4H3,(H2,34,36,37,38). The molecular weight excluding hydrogens is 657 g/mol. The van der Waals surface area contributed by atoms with Crippen molar-refractivity contribution in [3.63, 3.8) is 0 Å². The molecule has 1 saturated heterocycles. The van der Waals surface area contributed by atoms with E-state index in [1.165, 1.54) is 0 Å². The zero-order valence-electron chi connectivity index (χ0n) is 25.2. The summed E-state index contributed by atoms with van der Waals surface area (Å²) in [5.41, 5.74) is 5.08. The fourth-order valence-electron chi connectivity index (χ4n) is 5.54. The van der Waals surface area contributed by atoms with Crippen molar-refractivity contribution in [2.24, 2.45) is 7.05 Å². The number of nitrogens with one attached hydrogen (secondary N) is 2. The highest BCUT2D eigenvalue weighted by atomic mass is 79.9. The van der Waals surface area contributed by atoms with Gasteiger partial charge in [0.1, 0.15) is 18.5 Å². The van der Waals surface area contributed by atoms with Gasteiger partial charge in [-0.2, -0.15) is 10.1 Å². The number of piperazine rings is 1. The zero-order valence-corrected chi connectivity index (χ0v) is 27.7. The predicted molar refractivity (Wildman–Crippen MR) is 181 cm³/mol. The van der Waals surface area contributed by atoms with Crippen molar-refractivity contribution in [2.75, 3.05) is 62.1 Å². The van der Waals surface area contributed by atoms with E-state index >= 15 is 0 Å². The smallest absolute Gasteiger partial charge is 0.229 e. The molecule has 1 fully saturated rings. The number of rotatable bonds is 7. The average Bonchev–Trinajstić information content (AvgIpc) is 3.65. The lowest BCUT2D eigenvalue weighted by Gasteiger charge is -2.32. The summed E-state index contributed by atoms with van der Waals surface area (Å²) in [6.45, 7) is 7.04. The van der Waals surface area contributed by atoms with Crippen molar-refractivity contribution in [1.82, 2.24) is 39.8 Å². The van der Waals surface area contributed by atoms with Gasteiger partial charge < -0.3 is 29.5 Å². The number of fused-ring (bicyclic) bond motifs is 2. The largest absolute Gasteiger partial charge is 0.352 e. The van der Waals surface area contributed by atoms with E-state index in [0.717, 1.165) is 48.5 Å². The number of benzene rings is 2. The van der Waals surface area contributed by atoms with Crippen LogP contribution in [0.2, 0.25) is 0 Å². The van der Waals surface area contributed by atoms with Gasteiger partial charge in [0.05, 0.1) is 38.3 Å². The molecule has 230 valence electrons. The van der Waals surface area contributed by atoms with Gasteiger partial charge >= 0.3 is 0 Å². The predicted octanol–water partition coefficient (Wildman–Crippen LogP) is 5.21. The first kappa shape index (κ1) is 29.3. The minimum absolute atomic E-state index is 0.334. The van der Waals surface area contributed by atoms with E-state index in [9.17, 15) is 4.57 Å². The molecule has 2 N–H and O–H groups in total. The van der Waals surface area contributed by atoms with Gasteiger partial charge in [-0.3, -0.25) is 14.6 Å². The van der Waals surface area contributed by atoms with Gasteiger partial charge in [-0.15, -0.1) is 0 Å². The third-order valence-electron chi connectivity index (χ3n) is 7.79. The normalized spacial score (nSPS) is 14.4. The molecule has 45 heavy (non-hydrogen) atoms. The molecule has 0 bridgehead atoms. The van der Waals surface area contributed by atoms with Crippen LogP contribution in [-0.4, -0.2) is 86.3 Å². The summed E-state index contributed by atoms with van der Waals surface area (Å²) in [4.78, 5) is 22.8. The van der Waals surface area contributed by atoms with Gasteiger partial charge in [-0.1, -0.05) is 5.16 Å². The summed E-state index contributed by atoms with van der Waals surface area (Å²) in [5, 5.41) is 17.1. The fourth-order valence-corrected chi connectivity index (χ4v) is 7.22. The van der Waals surface area contributed by atoms with Gasteiger partial charge in [0.15, 0.2) is 11.4 Å². The molecule has 1 aliphatic rings. The Labute approximate surface area is 267 Å². The number of likely N-dealkylation sites (N-methyl/N-ethyl adjacent to an activating group) is 1. The van der Waals surface area contributed by atoms with E-state index in [0.29, 0.717) is 49.5 Å². The van der Waals surface area contributed by atoms with Crippen molar-refractivity contribution in [2.45, 2.75) is 0 Å². The van der Waals surface area contributed by atoms with Crippen LogP contribution < -0.4 is 20.8 Å². The first-order valence-corrected chi connectivity index (χ1v) is 17.8. The van der Waals surface area contributed by atoms with Crippen LogP contribution in [0.1, 0.15) is 0 Å². The molecule has 2 aromatic carbocycles. The summed E-state index contributed by atoms with van der Waals surface area (Å²) in [6.07, 6.45) is 8.69. The highest BCUT2D eigenvalue weighted by molar-refractivity contribution is 9.10. The fraction of sp³-hybridized carbons (Fsp3) is 0.267.